The van der Waals surface area contributed by atoms with Gasteiger partial charge in [0.05, 0.1) is 7.11 Å². The number of nitrogens with one attached hydrogen (secondary N) is 1. The molecule has 3 rings (SSSR count). The summed E-state index contributed by atoms with van der Waals surface area (Å²) in [5.74, 6) is 2.18. The van der Waals surface area contributed by atoms with E-state index in [4.69, 9.17) is 4.74 Å². The molecule has 1 unspecified atom stereocenters. The molecule has 1 amide bonds. The lowest BCUT2D eigenvalue weighted by Crippen LogP contribution is -2.38. The van der Waals surface area contributed by atoms with Crippen molar-refractivity contribution in [1.29, 1.82) is 0 Å². The van der Waals surface area contributed by atoms with E-state index in [2.05, 4.69) is 30.1 Å². The van der Waals surface area contributed by atoms with Gasteiger partial charge in [-0.2, -0.15) is 0 Å². The second-order valence-corrected chi connectivity index (χ2v) is 8.50. The summed E-state index contributed by atoms with van der Waals surface area (Å²) in [5.41, 5.74) is 1.46. The summed E-state index contributed by atoms with van der Waals surface area (Å²) in [7, 11) is 1.69. The van der Waals surface area contributed by atoms with Crippen molar-refractivity contribution in [1.82, 2.24) is 10.2 Å². The van der Waals surface area contributed by atoms with Gasteiger partial charge in [0, 0.05) is 12.5 Å². The average Bonchev–Trinajstić information content (AvgIpc) is 3.35. The molecule has 4 nitrogen and oxygen atoms in total. The summed E-state index contributed by atoms with van der Waals surface area (Å²) in [4.78, 5) is 15.1. The first-order valence-corrected chi connectivity index (χ1v) is 10.2. The Labute approximate surface area is 158 Å². The van der Waals surface area contributed by atoms with Crippen LogP contribution in [0.4, 0.5) is 0 Å². The fourth-order valence-electron chi connectivity index (χ4n) is 4.29. The smallest absolute Gasteiger partial charge is 0.223 e. The fourth-order valence-corrected chi connectivity index (χ4v) is 4.29. The van der Waals surface area contributed by atoms with E-state index >= 15 is 0 Å². The highest BCUT2D eigenvalue weighted by Crippen LogP contribution is 2.59. The number of amides is 1. The Kier molecular flexibility index (Phi) is 6.23. The third-order valence-electron chi connectivity index (χ3n) is 6.27. The summed E-state index contributed by atoms with van der Waals surface area (Å²) in [6, 6.07) is 8.03. The van der Waals surface area contributed by atoms with Gasteiger partial charge in [-0.15, -0.1) is 0 Å². The SMILES string of the molecule is COc1ccccc1CCNC(=O)C1CC12CCN(CCC(C)C)CC2. The number of ether oxygens (including phenoxy) is 1. The van der Waals surface area contributed by atoms with E-state index in [0.29, 0.717) is 12.0 Å². The van der Waals surface area contributed by atoms with Gasteiger partial charge in [-0.1, -0.05) is 32.0 Å². The second-order valence-electron chi connectivity index (χ2n) is 8.50. The maximum Gasteiger partial charge on any atom is 0.223 e. The first-order chi connectivity index (χ1) is 12.5. The lowest BCUT2D eigenvalue weighted by Gasteiger charge is -2.33. The lowest BCUT2D eigenvalue weighted by molar-refractivity contribution is -0.123. The van der Waals surface area contributed by atoms with Crippen LogP contribution in [0.25, 0.3) is 0 Å². The van der Waals surface area contributed by atoms with Gasteiger partial charge < -0.3 is 15.0 Å². The average molecular weight is 359 g/mol. The van der Waals surface area contributed by atoms with Crippen molar-refractivity contribution in [2.75, 3.05) is 33.3 Å². The third-order valence-corrected chi connectivity index (χ3v) is 6.27. The molecule has 2 fully saturated rings. The third kappa shape index (κ3) is 4.59. The summed E-state index contributed by atoms with van der Waals surface area (Å²) in [6.07, 6.45) is 5.56. The minimum Gasteiger partial charge on any atom is -0.496 e. The summed E-state index contributed by atoms with van der Waals surface area (Å²) < 4.78 is 5.38. The van der Waals surface area contributed by atoms with E-state index < -0.39 is 0 Å². The molecule has 1 spiro atoms. The molecule has 2 aliphatic rings. The number of piperidine rings is 1. The topological polar surface area (TPSA) is 41.6 Å². The van der Waals surface area contributed by atoms with Crippen LogP contribution < -0.4 is 10.1 Å². The molecule has 1 heterocycles. The summed E-state index contributed by atoms with van der Waals surface area (Å²) in [6.45, 7) is 8.81. The van der Waals surface area contributed by atoms with Crippen molar-refractivity contribution in [2.24, 2.45) is 17.3 Å². The molecule has 0 bridgehead atoms. The van der Waals surface area contributed by atoms with Crippen LogP contribution in [0.5, 0.6) is 5.75 Å². The first kappa shape index (κ1) is 19.2. The van der Waals surface area contributed by atoms with Crippen molar-refractivity contribution < 1.29 is 9.53 Å². The number of nitrogens with zero attached hydrogens (tertiary/aromatic N) is 1. The molecule has 1 saturated heterocycles. The predicted molar refractivity (Wildman–Crippen MR) is 105 cm³/mol. The largest absolute Gasteiger partial charge is 0.496 e. The highest BCUT2D eigenvalue weighted by atomic mass is 16.5. The minimum atomic E-state index is 0.243. The van der Waals surface area contributed by atoms with Gasteiger partial charge in [0.25, 0.3) is 0 Å². The van der Waals surface area contributed by atoms with Crippen molar-refractivity contribution in [3.63, 3.8) is 0 Å². The molecule has 0 radical (unpaired) electrons. The van der Waals surface area contributed by atoms with Crippen LogP contribution in [-0.2, 0) is 11.2 Å². The zero-order valence-electron chi connectivity index (χ0n) is 16.6. The number of methoxy groups -OCH3 is 1. The predicted octanol–water partition coefficient (Wildman–Crippen LogP) is 3.50. The van der Waals surface area contributed by atoms with Crippen LogP contribution >= 0.6 is 0 Å². The molecule has 1 aromatic rings. The zero-order valence-corrected chi connectivity index (χ0v) is 16.6. The van der Waals surface area contributed by atoms with Gasteiger partial charge in [-0.3, -0.25) is 4.79 Å². The Morgan fingerprint density at radius 3 is 2.73 bits per heavy atom. The van der Waals surface area contributed by atoms with Crippen LogP contribution in [0.1, 0.15) is 45.1 Å². The quantitative estimate of drug-likeness (QED) is 0.773. The van der Waals surface area contributed by atoms with Gasteiger partial charge in [0.2, 0.25) is 5.91 Å². The van der Waals surface area contributed by atoms with Crippen LogP contribution in [0.2, 0.25) is 0 Å². The van der Waals surface area contributed by atoms with Gasteiger partial charge >= 0.3 is 0 Å². The molecule has 1 atom stereocenters. The van der Waals surface area contributed by atoms with Crippen LogP contribution in [-0.4, -0.2) is 44.1 Å². The fraction of sp³-hybridized carbons (Fsp3) is 0.682. The molecule has 1 aliphatic heterocycles. The number of hydrogen-bond acceptors (Lipinski definition) is 3. The Morgan fingerprint density at radius 1 is 1.31 bits per heavy atom. The number of likely N-dealkylation sites (tertiary alicyclic amines) is 1. The number of hydrogen-bond donors (Lipinski definition) is 1. The highest BCUT2D eigenvalue weighted by Gasteiger charge is 2.58. The van der Waals surface area contributed by atoms with E-state index in [1.54, 1.807) is 7.11 Å². The van der Waals surface area contributed by atoms with Crippen molar-refractivity contribution in [2.45, 2.75) is 46.0 Å². The summed E-state index contributed by atoms with van der Waals surface area (Å²) >= 11 is 0. The van der Waals surface area contributed by atoms with Crippen LogP contribution in [0.3, 0.4) is 0 Å². The number of carbonyl (C=O) groups is 1. The Hall–Kier alpha value is -1.55. The molecule has 4 heteroatoms. The molecule has 1 N–H and O–H groups in total. The molecular weight excluding hydrogens is 324 g/mol. The second kappa shape index (κ2) is 8.43. The normalized spacial score (nSPS) is 21.8. The number of para-hydroxylation sites is 1. The van der Waals surface area contributed by atoms with Gasteiger partial charge in [0.15, 0.2) is 0 Å². The highest BCUT2D eigenvalue weighted by molar-refractivity contribution is 5.82. The maximum atomic E-state index is 12.6. The molecule has 144 valence electrons. The van der Waals surface area contributed by atoms with Crippen LogP contribution in [0, 0.1) is 17.3 Å². The molecule has 1 saturated carbocycles. The monoisotopic (exact) mass is 358 g/mol. The number of carbonyl (C=O) groups excluding carboxylic acids is 1. The Bertz CT molecular complexity index is 606. The standard InChI is InChI=1S/C22H34N2O2/c1-17(2)9-13-24-14-10-22(11-15-24)16-19(22)21(25)23-12-8-18-6-4-5-7-20(18)26-3/h4-7,17,19H,8-16H2,1-3H3,(H,23,25). The van der Waals surface area contributed by atoms with E-state index in [9.17, 15) is 4.79 Å². The molecular formula is C22H34N2O2. The molecule has 0 aromatic heterocycles. The molecule has 1 aromatic carbocycles. The minimum absolute atomic E-state index is 0.243. The van der Waals surface area contributed by atoms with Crippen molar-refractivity contribution in [3.8, 4) is 5.75 Å². The zero-order chi connectivity index (χ0) is 18.6. The molecule has 26 heavy (non-hydrogen) atoms. The lowest BCUT2D eigenvalue weighted by atomic mass is 9.90. The Morgan fingerprint density at radius 2 is 2.04 bits per heavy atom. The number of benzene rings is 1. The van der Waals surface area contributed by atoms with E-state index in [1.807, 2.05) is 18.2 Å². The van der Waals surface area contributed by atoms with Crippen LogP contribution in [0.15, 0.2) is 24.3 Å². The van der Waals surface area contributed by atoms with E-state index in [0.717, 1.165) is 43.2 Å². The van der Waals surface area contributed by atoms with Crippen molar-refractivity contribution in [3.05, 3.63) is 29.8 Å². The first-order valence-electron chi connectivity index (χ1n) is 10.2. The van der Waals surface area contributed by atoms with Gasteiger partial charge in [0.1, 0.15) is 5.75 Å². The van der Waals surface area contributed by atoms with Gasteiger partial charge in [-0.05, 0) is 74.7 Å². The van der Waals surface area contributed by atoms with Crippen molar-refractivity contribution >= 4 is 5.91 Å². The molecule has 1 aliphatic carbocycles. The number of rotatable bonds is 8. The summed E-state index contributed by atoms with van der Waals surface area (Å²) in [5, 5.41) is 3.16. The van der Waals surface area contributed by atoms with E-state index in [-0.39, 0.29) is 11.8 Å². The van der Waals surface area contributed by atoms with Gasteiger partial charge in [-0.25, -0.2) is 0 Å². The Balaban J connectivity index is 1.39. The maximum absolute atomic E-state index is 12.6. The van der Waals surface area contributed by atoms with E-state index in [1.165, 1.54) is 25.8 Å².